The van der Waals surface area contributed by atoms with Crippen LogP contribution in [-0.2, 0) is 0 Å². The van der Waals surface area contributed by atoms with Gasteiger partial charge in [0.15, 0.2) is 0 Å². The van der Waals surface area contributed by atoms with Crippen molar-refractivity contribution >= 4 is 0 Å². The maximum Gasteiger partial charge on any atom is 0.000756 e. The van der Waals surface area contributed by atoms with Gasteiger partial charge >= 0.3 is 0 Å². The third kappa shape index (κ3) is 5.86. The lowest BCUT2D eigenvalue weighted by Gasteiger charge is -2.32. The third-order valence-corrected chi connectivity index (χ3v) is 3.65. The SMILES string of the molecule is CN1CCC(CN(C)CCC(C)(C)C)CC1. The normalized spacial score (nSPS) is 20.6. The van der Waals surface area contributed by atoms with Crippen LogP contribution in [0.4, 0.5) is 0 Å². The Morgan fingerprint density at radius 1 is 1.19 bits per heavy atom. The van der Waals surface area contributed by atoms with Gasteiger partial charge in [0.2, 0.25) is 0 Å². The lowest BCUT2D eigenvalue weighted by Crippen LogP contribution is -2.36. The van der Waals surface area contributed by atoms with E-state index < -0.39 is 0 Å². The van der Waals surface area contributed by atoms with Crippen LogP contribution < -0.4 is 0 Å². The molecule has 0 unspecified atom stereocenters. The van der Waals surface area contributed by atoms with Crippen molar-refractivity contribution in [3.63, 3.8) is 0 Å². The third-order valence-electron chi connectivity index (χ3n) is 3.65. The van der Waals surface area contributed by atoms with Gasteiger partial charge < -0.3 is 9.80 Å². The first kappa shape index (κ1) is 14.0. The Hall–Kier alpha value is -0.0800. The van der Waals surface area contributed by atoms with Crippen molar-refractivity contribution in [2.75, 3.05) is 40.3 Å². The molecule has 96 valence electrons. The van der Waals surface area contributed by atoms with Gasteiger partial charge in [-0.25, -0.2) is 0 Å². The van der Waals surface area contributed by atoms with Crippen molar-refractivity contribution in [3.8, 4) is 0 Å². The smallest absolute Gasteiger partial charge is 0.000756 e. The average Bonchev–Trinajstić information content (AvgIpc) is 2.18. The Bertz CT molecular complexity index is 187. The van der Waals surface area contributed by atoms with Gasteiger partial charge in [-0.3, -0.25) is 0 Å². The minimum atomic E-state index is 0.473. The van der Waals surface area contributed by atoms with E-state index in [1.165, 1.54) is 45.4 Å². The standard InChI is InChI=1S/C14H30N2/c1-14(2,3)8-11-16(5)12-13-6-9-15(4)10-7-13/h13H,6-12H2,1-5H3. The van der Waals surface area contributed by atoms with Gasteiger partial charge in [-0.15, -0.1) is 0 Å². The van der Waals surface area contributed by atoms with E-state index in [-0.39, 0.29) is 0 Å². The fourth-order valence-corrected chi connectivity index (χ4v) is 2.30. The second-order valence-electron chi connectivity index (χ2n) is 6.82. The van der Waals surface area contributed by atoms with E-state index in [1.807, 2.05) is 0 Å². The van der Waals surface area contributed by atoms with Crippen molar-refractivity contribution in [1.29, 1.82) is 0 Å². The molecule has 2 nitrogen and oxygen atoms in total. The molecule has 1 heterocycles. The van der Waals surface area contributed by atoms with Crippen molar-refractivity contribution in [1.82, 2.24) is 9.80 Å². The first-order chi connectivity index (χ1) is 7.37. The maximum atomic E-state index is 2.53. The maximum absolute atomic E-state index is 2.53. The van der Waals surface area contributed by atoms with Gasteiger partial charge in [-0.05, 0) is 64.3 Å². The molecule has 16 heavy (non-hydrogen) atoms. The van der Waals surface area contributed by atoms with E-state index in [0.717, 1.165) is 5.92 Å². The van der Waals surface area contributed by atoms with E-state index >= 15 is 0 Å². The van der Waals surface area contributed by atoms with Gasteiger partial charge in [0.1, 0.15) is 0 Å². The molecule has 1 fully saturated rings. The molecule has 0 amide bonds. The Labute approximate surface area is 102 Å². The molecule has 0 N–H and O–H groups in total. The predicted octanol–water partition coefficient (Wildman–Crippen LogP) is 2.70. The van der Waals surface area contributed by atoms with Crippen LogP contribution in [0.3, 0.4) is 0 Å². The first-order valence-corrected chi connectivity index (χ1v) is 6.74. The molecule has 1 saturated heterocycles. The van der Waals surface area contributed by atoms with Crippen molar-refractivity contribution in [2.24, 2.45) is 11.3 Å². The molecule has 0 radical (unpaired) electrons. The second kappa shape index (κ2) is 6.02. The highest BCUT2D eigenvalue weighted by molar-refractivity contribution is 4.73. The monoisotopic (exact) mass is 226 g/mol. The number of hydrogen-bond donors (Lipinski definition) is 0. The number of hydrogen-bond acceptors (Lipinski definition) is 2. The van der Waals surface area contributed by atoms with Gasteiger partial charge in [0, 0.05) is 6.54 Å². The molecular formula is C14H30N2. The topological polar surface area (TPSA) is 6.48 Å². The fraction of sp³-hybridized carbons (Fsp3) is 1.00. The van der Waals surface area contributed by atoms with E-state index in [4.69, 9.17) is 0 Å². The molecule has 2 heteroatoms. The van der Waals surface area contributed by atoms with E-state index in [2.05, 4.69) is 44.7 Å². The molecule has 0 aromatic carbocycles. The van der Waals surface area contributed by atoms with Crippen LogP contribution in [0.15, 0.2) is 0 Å². The van der Waals surface area contributed by atoms with Crippen LogP contribution in [-0.4, -0.2) is 50.1 Å². The van der Waals surface area contributed by atoms with E-state index in [1.54, 1.807) is 0 Å². The molecule has 0 saturated carbocycles. The minimum absolute atomic E-state index is 0.473. The van der Waals surface area contributed by atoms with Crippen LogP contribution in [0.25, 0.3) is 0 Å². The highest BCUT2D eigenvalue weighted by Crippen LogP contribution is 2.20. The quantitative estimate of drug-likeness (QED) is 0.727. The summed E-state index contributed by atoms with van der Waals surface area (Å²) in [6, 6.07) is 0. The zero-order valence-corrected chi connectivity index (χ0v) is 11.9. The summed E-state index contributed by atoms with van der Waals surface area (Å²) < 4.78 is 0. The molecule has 1 aliphatic rings. The summed E-state index contributed by atoms with van der Waals surface area (Å²) in [7, 11) is 4.52. The molecule has 0 bridgehead atoms. The zero-order valence-electron chi connectivity index (χ0n) is 11.9. The van der Waals surface area contributed by atoms with Crippen LogP contribution >= 0.6 is 0 Å². The van der Waals surface area contributed by atoms with Gasteiger partial charge in [-0.2, -0.15) is 0 Å². The molecular weight excluding hydrogens is 196 g/mol. The summed E-state index contributed by atoms with van der Waals surface area (Å²) in [6.45, 7) is 12.1. The molecule has 1 aliphatic heterocycles. The summed E-state index contributed by atoms with van der Waals surface area (Å²) in [5, 5.41) is 0. The zero-order chi connectivity index (χ0) is 12.2. The highest BCUT2D eigenvalue weighted by Gasteiger charge is 2.19. The second-order valence-corrected chi connectivity index (χ2v) is 6.82. The fourth-order valence-electron chi connectivity index (χ4n) is 2.30. The molecule has 0 aromatic heterocycles. The summed E-state index contributed by atoms with van der Waals surface area (Å²) in [4.78, 5) is 4.98. The first-order valence-electron chi connectivity index (χ1n) is 6.74. The van der Waals surface area contributed by atoms with Gasteiger partial charge in [0.25, 0.3) is 0 Å². The molecule has 0 spiro atoms. The predicted molar refractivity (Wildman–Crippen MR) is 71.8 cm³/mol. The Morgan fingerprint density at radius 3 is 2.25 bits per heavy atom. The number of piperidine rings is 1. The van der Waals surface area contributed by atoms with Crippen molar-refractivity contribution in [3.05, 3.63) is 0 Å². The lowest BCUT2D eigenvalue weighted by molar-refractivity contribution is 0.167. The molecule has 1 rings (SSSR count). The lowest BCUT2D eigenvalue weighted by atomic mass is 9.91. The summed E-state index contributed by atoms with van der Waals surface area (Å²) in [5.74, 6) is 0.932. The van der Waals surface area contributed by atoms with Crippen LogP contribution in [0, 0.1) is 11.3 Å². The molecule has 0 atom stereocenters. The highest BCUT2D eigenvalue weighted by atomic mass is 15.1. The number of rotatable bonds is 4. The summed E-state index contributed by atoms with van der Waals surface area (Å²) in [5.41, 5.74) is 0.473. The Balaban J connectivity index is 2.16. The van der Waals surface area contributed by atoms with Crippen molar-refractivity contribution in [2.45, 2.75) is 40.0 Å². The Kier molecular flexibility index (Phi) is 5.26. The average molecular weight is 226 g/mol. The summed E-state index contributed by atoms with van der Waals surface area (Å²) >= 11 is 0. The number of nitrogens with zero attached hydrogens (tertiary/aromatic N) is 2. The molecule has 0 aliphatic carbocycles. The largest absolute Gasteiger partial charge is 0.306 e. The van der Waals surface area contributed by atoms with E-state index in [9.17, 15) is 0 Å². The molecule has 0 aromatic rings. The van der Waals surface area contributed by atoms with Crippen molar-refractivity contribution < 1.29 is 0 Å². The van der Waals surface area contributed by atoms with Gasteiger partial charge in [-0.1, -0.05) is 20.8 Å². The van der Waals surface area contributed by atoms with Gasteiger partial charge in [0.05, 0.1) is 0 Å². The summed E-state index contributed by atoms with van der Waals surface area (Å²) in [6.07, 6.45) is 4.07. The van der Waals surface area contributed by atoms with Crippen LogP contribution in [0.5, 0.6) is 0 Å². The van der Waals surface area contributed by atoms with Crippen LogP contribution in [0.1, 0.15) is 40.0 Å². The van der Waals surface area contributed by atoms with E-state index in [0.29, 0.717) is 5.41 Å². The number of likely N-dealkylation sites (tertiary alicyclic amines) is 1. The Morgan fingerprint density at radius 2 is 1.75 bits per heavy atom. The van der Waals surface area contributed by atoms with Crippen LogP contribution in [0.2, 0.25) is 0 Å². The minimum Gasteiger partial charge on any atom is -0.306 e.